The number of aryl methyl sites for hydroxylation is 1. The first-order chi connectivity index (χ1) is 8.70. The lowest BCUT2D eigenvalue weighted by Gasteiger charge is -2.06. The van der Waals surface area contributed by atoms with Crippen molar-refractivity contribution in [1.82, 2.24) is 20.2 Å². The van der Waals surface area contributed by atoms with Gasteiger partial charge in [0.15, 0.2) is 0 Å². The van der Waals surface area contributed by atoms with E-state index in [0.717, 1.165) is 11.1 Å². The second-order valence-corrected chi connectivity index (χ2v) is 5.00. The van der Waals surface area contributed by atoms with Crippen LogP contribution in [0.25, 0.3) is 11.4 Å². The fourth-order valence-corrected chi connectivity index (χ4v) is 2.18. The van der Waals surface area contributed by atoms with Gasteiger partial charge in [-0.05, 0) is 24.0 Å². The number of aromatic nitrogens is 4. The van der Waals surface area contributed by atoms with Crippen molar-refractivity contribution in [3.05, 3.63) is 29.8 Å². The lowest BCUT2D eigenvalue weighted by atomic mass is 10.1. The Labute approximate surface area is 110 Å². The van der Waals surface area contributed by atoms with Crippen LogP contribution in [0, 0.1) is 6.92 Å². The van der Waals surface area contributed by atoms with E-state index in [1.807, 2.05) is 37.4 Å². The van der Waals surface area contributed by atoms with Crippen LogP contribution >= 0.6 is 11.8 Å². The summed E-state index contributed by atoms with van der Waals surface area (Å²) in [7, 11) is 0. The van der Waals surface area contributed by atoms with Crippen LogP contribution in [-0.2, 0) is 6.54 Å². The highest BCUT2D eigenvalue weighted by molar-refractivity contribution is 7.98. The number of aliphatic hydroxyl groups is 1. The van der Waals surface area contributed by atoms with Crippen molar-refractivity contribution in [3.63, 3.8) is 0 Å². The highest BCUT2D eigenvalue weighted by Gasteiger charge is 2.10. The van der Waals surface area contributed by atoms with E-state index in [1.165, 1.54) is 4.80 Å². The third kappa shape index (κ3) is 3.08. The number of hydrogen-bond acceptors (Lipinski definition) is 5. The molecule has 0 saturated heterocycles. The molecule has 0 radical (unpaired) electrons. The number of hydrogen-bond donors (Lipinski definition) is 1. The molecule has 0 aliphatic heterocycles. The van der Waals surface area contributed by atoms with Crippen LogP contribution in [0.3, 0.4) is 0 Å². The second kappa shape index (κ2) is 5.97. The van der Waals surface area contributed by atoms with Gasteiger partial charge < -0.3 is 5.11 Å². The zero-order chi connectivity index (χ0) is 13.0. The molecule has 6 heteroatoms. The van der Waals surface area contributed by atoms with E-state index in [4.69, 9.17) is 0 Å². The molecule has 1 atom stereocenters. The molecular weight excluding hydrogens is 248 g/mol. The molecule has 0 saturated carbocycles. The minimum Gasteiger partial charge on any atom is -0.390 e. The van der Waals surface area contributed by atoms with Crippen LogP contribution in [0.15, 0.2) is 24.3 Å². The third-order valence-electron chi connectivity index (χ3n) is 2.57. The van der Waals surface area contributed by atoms with Crippen molar-refractivity contribution in [1.29, 1.82) is 0 Å². The van der Waals surface area contributed by atoms with Crippen LogP contribution in [0.2, 0.25) is 0 Å². The van der Waals surface area contributed by atoms with Gasteiger partial charge in [0.2, 0.25) is 5.82 Å². The molecule has 1 heterocycles. The molecule has 2 aromatic rings. The number of benzene rings is 1. The van der Waals surface area contributed by atoms with Crippen LogP contribution in [-0.4, -0.2) is 43.4 Å². The Balaban J connectivity index is 2.13. The Bertz CT molecular complexity index is 514. The number of aliphatic hydroxyl groups excluding tert-OH is 1. The van der Waals surface area contributed by atoms with Gasteiger partial charge in [0, 0.05) is 11.3 Å². The molecule has 2 rings (SSSR count). The quantitative estimate of drug-likeness (QED) is 0.883. The Morgan fingerprint density at radius 1 is 1.39 bits per heavy atom. The monoisotopic (exact) mass is 264 g/mol. The fourth-order valence-electron chi connectivity index (χ4n) is 1.69. The van der Waals surface area contributed by atoms with Gasteiger partial charge in [-0.2, -0.15) is 16.6 Å². The predicted octanol–water partition coefficient (Wildman–Crippen LogP) is 1.37. The van der Waals surface area contributed by atoms with E-state index in [-0.39, 0.29) is 0 Å². The molecule has 5 nitrogen and oxygen atoms in total. The molecule has 1 N–H and O–H groups in total. The molecule has 1 aromatic carbocycles. The first-order valence-electron chi connectivity index (χ1n) is 5.71. The lowest BCUT2D eigenvalue weighted by molar-refractivity contribution is 0.165. The molecule has 18 heavy (non-hydrogen) atoms. The highest BCUT2D eigenvalue weighted by Crippen LogP contribution is 2.17. The van der Waals surface area contributed by atoms with Crippen molar-refractivity contribution in [2.45, 2.75) is 19.6 Å². The number of thioether (sulfide) groups is 1. The van der Waals surface area contributed by atoms with Crippen molar-refractivity contribution in [2.24, 2.45) is 0 Å². The van der Waals surface area contributed by atoms with Crippen molar-refractivity contribution < 1.29 is 5.11 Å². The minimum atomic E-state index is -0.445. The predicted molar refractivity (Wildman–Crippen MR) is 72.4 cm³/mol. The molecule has 0 bridgehead atoms. The van der Waals surface area contributed by atoms with E-state index < -0.39 is 6.10 Å². The van der Waals surface area contributed by atoms with Crippen LogP contribution in [0.5, 0.6) is 0 Å². The first-order valence-corrected chi connectivity index (χ1v) is 7.11. The van der Waals surface area contributed by atoms with Crippen molar-refractivity contribution >= 4 is 11.8 Å². The SMILES string of the molecule is CSC[C@H](O)Cn1nnc(-c2ccccc2C)n1. The maximum Gasteiger partial charge on any atom is 0.205 e. The Morgan fingerprint density at radius 3 is 2.89 bits per heavy atom. The molecule has 1 aromatic heterocycles. The summed E-state index contributed by atoms with van der Waals surface area (Å²) in [6.07, 6.45) is 1.51. The zero-order valence-electron chi connectivity index (χ0n) is 10.4. The summed E-state index contributed by atoms with van der Waals surface area (Å²) in [6, 6.07) is 7.91. The van der Waals surface area contributed by atoms with Crippen LogP contribution in [0.1, 0.15) is 5.56 Å². The van der Waals surface area contributed by atoms with E-state index >= 15 is 0 Å². The fraction of sp³-hybridized carbons (Fsp3) is 0.417. The van der Waals surface area contributed by atoms with Gasteiger partial charge in [-0.1, -0.05) is 24.3 Å². The molecule has 0 aliphatic carbocycles. The lowest BCUT2D eigenvalue weighted by Crippen LogP contribution is -2.20. The highest BCUT2D eigenvalue weighted by atomic mass is 32.2. The normalized spacial score (nSPS) is 12.6. The topological polar surface area (TPSA) is 63.8 Å². The number of nitrogens with zero attached hydrogens (tertiary/aromatic N) is 4. The van der Waals surface area contributed by atoms with Crippen molar-refractivity contribution in [3.8, 4) is 11.4 Å². The number of tetrazole rings is 1. The van der Waals surface area contributed by atoms with Gasteiger partial charge in [0.25, 0.3) is 0 Å². The van der Waals surface area contributed by atoms with E-state index in [0.29, 0.717) is 18.1 Å². The summed E-state index contributed by atoms with van der Waals surface area (Å²) in [5.41, 5.74) is 2.09. The van der Waals surface area contributed by atoms with Crippen molar-refractivity contribution in [2.75, 3.05) is 12.0 Å². The molecule has 0 fully saturated rings. The molecule has 0 amide bonds. The molecular formula is C12H16N4OS. The maximum atomic E-state index is 9.69. The third-order valence-corrected chi connectivity index (χ3v) is 3.29. The molecule has 0 unspecified atom stereocenters. The number of rotatable bonds is 5. The van der Waals surface area contributed by atoms with E-state index in [2.05, 4.69) is 15.4 Å². The summed E-state index contributed by atoms with van der Waals surface area (Å²) < 4.78 is 0. The minimum absolute atomic E-state index is 0.375. The van der Waals surface area contributed by atoms with E-state index in [1.54, 1.807) is 11.8 Å². The molecule has 0 aliphatic rings. The second-order valence-electron chi connectivity index (χ2n) is 4.09. The summed E-state index contributed by atoms with van der Waals surface area (Å²) in [6.45, 7) is 2.39. The van der Waals surface area contributed by atoms with Gasteiger partial charge in [-0.3, -0.25) is 0 Å². The summed E-state index contributed by atoms with van der Waals surface area (Å²) in [5.74, 6) is 1.27. The van der Waals surface area contributed by atoms with Crippen LogP contribution < -0.4 is 0 Å². The average molecular weight is 264 g/mol. The zero-order valence-corrected chi connectivity index (χ0v) is 11.3. The largest absolute Gasteiger partial charge is 0.390 e. The van der Waals surface area contributed by atoms with Gasteiger partial charge in [0.05, 0.1) is 12.6 Å². The summed E-state index contributed by atoms with van der Waals surface area (Å²) in [4.78, 5) is 1.45. The van der Waals surface area contributed by atoms with Crippen LogP contribution in [0.4, 0.5) is 0 Å². The Hall–Kier alpha value is -1.40. The average Bonchev–Trinajstić information content (AvgIpc) is 2.78. The van der Waals surface area contributed by atoms with Gasteiger partial charge >= 0.3 is 0 Å². The van der Waals surface area contributed by atoms with E-state index in [9.17, 15) is 5.11 Å². The Kier molecular flexibility index (Phi) is 4.33. The molecule has 96 valence electrons. The summed E-state index contributed by atoms with van der Waals surface area (Å²) >= 11 is 1.60. The smallest absolute Gasteiger partial charge is 0.205 e. The standard InChI is InChI=1S/C12H16N4OS/c1-9-5-3-4-6-11(9)12-13-15-16(14-12)7-10(17)8-18-2/h3-6,10,17H,7-8H2,1-2H3/t10-/m1/s1. The Morgan fingerprint density at radius 2 is 2.17 bits per heavy atom. The molecule has 0 spiro atoms. The summed E-state index contributed by atoms with van der Waals surface area (Å²) in [5, 5.41) is 22.0. The van der Waals surface area contributed by atoms with Gasteiger partial charge in [-0.15, -0.1) is 10.2 Å². The van der Waals surface area contributed by atoms with Gasteiger partial charge in [0.1, 0.15) is 0 Å². The van der Waals surface area contributed by atoms with Gasteiger partial charge in [-0.25, -0.2) is 0 Å². The maximum absolute atomic E-state index is 9.69. The first kappa shape index (κ1) is 13.0.